The number of nitro groups is 1. The average molecular weight is 484 g/mol. The maximum atomic E-state index is 13.2. The maximum absolute atomic E-state index is 13.2. The molecule has 0 atom stereocenters. The van der Waals surface area contributed by atoms with Gasteiger partial charge in [-0.05, 0) is 37.6 Å². The van der Waals surface area contributed by atoms with Crippen LogP contribution in [0.2, 0.25) is 5.02 Å². The standard InChI is InChI=1S/C22H22ClN7O4/c1-15-20(25-26-29(15)18-7-3-8-19(14-18)30(33)34)21(31)27-9-4-10-28(12-11-27)22(32)24-17-6-2-5-16(23)13-17/h2-3,5-8,13-14H,4,9-12H2,1H3,(H,24,32). The molecule has 1 aliphatic rings. The van der Waals surface area contributed by atoms with Crippen LogP contribution < -0.4 is 5.32 Å². The van der Waals surface area contributed by atoms with Gasteiger partial charge in [-0.15, -0.1) is 5.10 Å². The first kappa shape index (κ1) is 23.2. The Morgan fingerprint density at radius 2 is 1.79 bits per heavy atom. The molecule has 3 amide bonds. The van der Waals surface area contributed by atoms with Gasteiger partial charge in [-0.25, -0.2) is 9.48 Å². The van der Waals surface area contributed by atoms with Crippen LogP contribution in [0.15, 0.2) is 48.5 Å². The van der Waals surface area contributed by atoms with Crippen LogP contribution in [0.25, 0.3) is 5.69 Å². The van der Waals surface area contributed by atoms with Gasteiger partial charge in [0.05, 0.1) is 16.3 Å². The molecule has 176 valence electrons. The predicted molar refractivity (Wildman–Crippen MR) is 125 cm³/mol. The summed E-state index contributed by atoms with van der Waals surface area (Å²) in [5, 5.41) is 22.5. The van der Waals surface area contributed by atoms with E-state index in [1.165, 1.54) is 16.8 Å². The number of amides is 3. The number of nitro benzene ring substituents is 1. The minimum atomic E-state index is -0.493. The Hall–Kier alpha value is -3.99. The van der Waals surface area contributed by atoms with Gasteiger partial charge in [0, 0.05) is 49.0 Å². The zero-order valence-corrected chi connectivity index (χ0v) is 19.1. The molecule has 34 heavy (non-hydrogen) atoms. The van der Waals surface area contributed by atoms with Crippen LogP contribution in [0.3, 0.4) is 0 Å². The van der Waals surface area contributed by atoms with E-state index in [4.69, 9.17) is 11.6 Å². The highest BCUT2D eigenvalue weighted by atomic mass is 35.5. The summed E-state index contributed by atoms with van der Waals surface area (Å²) in [4.78, 5) is 39.7. The second kappa shape index (κ2) is 9.87. The van der Waals surface area contributed by atoms with Gasteiger partial charge in [-0.3, -0.25) is 14.9 Å². The predicted octanol–water partition coefficient (Wildman–Crippen LogP) is 3.52. The van der Waals surface area contributed by atoms with Crippen LogP contribution in [0.4, 0.5) is 16.2 Å². The van der Waals surface area contributed by atoms with Crippen molar-refractivity contribution in [1.29, 1.82) is 0 Å². The molecular weight excluding hydrogens is 462 g/mol. The van der Waals surface area contributed by atoms with Gasteiger partial charge in [-0.1, -0.05) is 28.9 Å². The number of hydrogen-bond donors (Lipinski definition) is 1. The van der Waals surface area contributed by atoms with E-state index in [0.29, 0.717) is 54.7 Å². The third kappa shape index (κ3) is 4.99. The van der Waals surface area contributed by atoms with Gasteiger partial charge >= 0.3 is 6.03 Å². The van der Waals surface area contributed by atoms with Gasteiger partial charge in [0.2, 0.25) is 0 Å². The normalized spacial score (nSPS) is 13.9. The smallest absolute Gasteiger partial charge is 0.321 e. The molecule has 1 N–H and O–H groups in total. The van der Waals surface area contributed by atoms with E-state index in [9.17, 15) is 19.7 Å². The first-order chi connectivity index (χ1) is 16.3. The molecule has 0 radical (unpaired) electrons. The Kier molecular flexibility index (Phi) is 6.73. The number of carbonyl (C=O) groups is 2. The van der Waals surface area contributed by atoms with E-state index < -0.39 is 4.92 Å². The van der Waals surface area contributed by atoms with Gasteiger partial charge in [-0.2, -0.15) is 0 Å². The Balaban J connectivity index is 1.44. The van der Waals surface area contributed by atoms with Crippen molar-refractivity contribution in [3.63, 3.8) is 0 Å². The van der Waals surface area contributed by atoms with E-state index in [1.807, 2.05) is 0 Å². The molecule has 11 nitrogen and oxygen atoms in total. The summed E-state index contributed by atoms with van der Waals surface area (Å²) in [5.74, 6) is -0.300. The number of non-ortho nitro benzene ring substituents is 1. The number of urea groups is 1. The molecule has 3 aromatic rings. The van der Waals surface area contributed by atoms with Crippen molar-refractivity contribution < 1.29 is 14.5 Å². The molecular formula is C22H22ClN7O4. The van der Waals surface area contributed by atoms with Gasteiger partial charge in [0.25, 0.3) is 11.6 Å². The number of rotatable bonds is 4. The Morgan fingerprint density at radius 1 is 1.06 bits per heavy atom. The zero-order chi connectivity index (χ0) is 24.2. The highest BCUT2D eigenvalue weighted by molar-refractivity contribution is 6.30. The average Bonchev–Trinajstić information content (AvgIpc) is 3.03. The number of nitrogens with zero attached hydrogens (tertiary/aromatic N) is 6. The Labute approximate surface area is 200 Å². The summed E-state index contributed by atoms with van der Waals surface area (Å²) in [6.07, 6.45) is 0.604. The molecule has 0 bridgehead atoms. The summed E-state index contributed by atoms with van der Waals surface area (Å²) in [6, 6.07) is 12.6. The largest absolute Gasteiger partial charge is 0.335 e. The first-order valence-corrected chi connectivity index (χ1v) is 11.0. The summed E-state index contributed by atoms with van der Waals surface area (Å²) in [7, 11) is 0. The first-order valence-electron chi connectivity index (χ1n) is 10.6. The number of nitrogens with one attached hydrogen (secondary N) is 1. The van der Waals surface area contributed by atoms with Crippen molar-refractivity contribution in [3.05, 3.63) is 75.1 Å². The molecule has 1 saturated heterocycles. The second-order valence-corrected chi connectivity index (χ2v) is 8.22. The monoisotopic (exact) mass is 483 g/mol. The molecule has 0 spiro atoms. The van der Waals surface area contributed by atoms with Gasteiger partial charge in [0.1, 0.15) is 0 Å². The van der Waals surface area contributed by atoms with E-state index in [1.54, 1.807) is 53.1 Å². The molecule has 1 fully saturated rings. The molecule has 4 rings (SSSR count). The lowest BCUT2D eigenvalue weighted by atomic mass is 10.2. The number of halogens is 1. The summed E-state index contributed by atoms with van der Waals surface area (Å²) in [5.41, 5.74) is 1.61. The number of anilines is 1. The van der Waals surface area contributed by atoms with E-state index in [2.05, 4.69) is 15.6 Å². The minimum Gasteiger partial charge on any atom is -0.335 e. The minimum absolute atomic E-state index is 0.0797. The highest BCUT2D eigenvalue weighted by Crippen LogP contribution is 2.20. The summed E-state index contributed by atoms with van der Waals surface area (Å²) >= 11 is 5.98. The third-order valence-corrected chi connectivity index (χ3v) is 5.76. The number of benzene rings is 2. The SMILES string of the molecule is Cc1c(C(=O)N2CCCN(C(=O)Nc3cccc(Cl)c3)CC2)nnn1-c1cccc([N+](=O)[O-])c1. The lowest BCUT2D eigenvalue weighted by Gasteiger charge is -2.22. The van der Waals surface area contributed by atoms with Crippen LogP contribution in [0, 0.1) is 17.0 Å². The van der Waals surface area contributed by atoms with Crippen LogP contribution in [0.1, 0.15) is 22.6 Å². The molecule has 0 unspecified atom stereocenters. The third-order valence-electron chi connectivity index (χ3n) is 5.53. The topological polar surface area (TPSA) is 127 Å². The Morgan fingerprint density at radius 3 is 2.56 bits per heavy atom. The van der Waals surface area contributed by atoms with E-state index >= 15 is 0 Å². The molecule has 0 aliphatic carbocycles. The highest BCUT2D eigenvalue weighted by Gasteiger charge is 2.27. The molecule has 2 heterocycles. The van der Waals surface area contributed by atoms with Crippen LogP contribution in [-0.2, 0) is 0 Å². The van der Waals surface area contributed by atoms with Crippen molar-refractivity contribution in [2.24, 2.45) is 0 Å². The van der Waals surface area contributed by atoms with Crippen molar-refractivity contribution in [3.8, 4) is 5.69 Å². The number of hydrogen-bond acceptors (Lipinski definition) is 6. The van der Waals surface area contributed by atoms with Gasteiger partial charge in [0.15, 0.2) is 5.69 Å². The fourth-order valence-electron chi connectivity index (χ4n) is 3.75. The van der Waals surface area contributed by atoms with Crippen molar-refractivity contribution in [2.45, 2.75) is 13.3 Å². The molecule has 1 aromatic heterocycles. The van der Waals surface area contributed by atoms with E-state index in [-0.39, 0.29) is 23.3 Å². The zero-order valence-electron chi connectivity index (χ0n) is 18.3. The van der Waals surface area contributed by atoms with Crippen molar-refractivity contribution >= 4 is 34.9 Å². The fraction of sp³-hybridized carbons (Fsp3) is 0.273. The van der Waals surface area contributed by atoms with Crippen LogP contribution >= 0.6 is 11.6 Å². The summed E-state index contributed by atoms with van der Waals surface area (Å²) < 4.78 is 1.41. The molecule has 1 aliphatic heterocycles. The Bertz CT molecular complexity index is 1250. The number of aromatic nitrogens is 3. The molecule has 0 saturated carbocycles. The van der Waals surface area contributed by atoms with Crippen LogP contribution in [-0.4, -0.2) is 67.8 Å². The maximum Gasteiger partial charge on any atom is 0.321 e. The second-order valence-electron chi connectivity index (χ2n) is 7.79. The number of carbonyl (C=O) groups excluding carboxylic acids is 2. The fourth-order valence-corrected chi connectivity index (χ4v) is 3.94. The van der Waals surface area contributed by atoms with Crippen molar-refractivity contribution in [2.75, 3.05) is 31.5 Å². The lowest BCUT2D eigenvalue weighted by Crippen LogP contribution is -2.39. The molecule has 12 heteroatoms. The lowest BCUT2D eigenvalue weighted by molar-refractivity contribution is -0.384. The molecule has 2 aromatic carbocycles. The van der Waals surface area contributed by atoms with Crippen LogP contribution in [0.5, 0.6) is 0 Å². The van der Waals surface area contributed by atoms with Gasteiger partial charge < -0.3 is 15.1 Å². The summed E-state index contributed by atoms with van der Waals surface area (Å²) in [6.45, 7) is 3.34. The van der Waals surface area contributed by atoms with E-state index in [0.717, 1.165) is 0 Å². The quantitative estimate of drug-likeness (QED) is 0.447. The van der Waals surface area contributed by atoms with Crippen molar-refractivity contribution in [1.82, 2.24) is 24.8 Å².